The van der Waals surface area contributed by atoms with E-state index in [-0.39, 0.29) is 11.9 Å². The standard InChI is InChI=1S/C13H15N5O/c1-7-10(5-4-6-11(7)14)12(19)16-13-15-8(2)9(3)17-18-13/h4-6H,14H2,1-3H3,(H,15,16,18,19). The molecule has 0 radical (unpaired) electrons. The van der Waals surface area contributed by atoms with Gasteiger partial charge in [0.1, 0.15) is 0 Å². The van der Waals surface area contributed by atoms with Crippen LogP contribution in [0.5, 0.6) is 0 Å². The van der Waals surface area contributed by atoms with Gasteiger partial charge in [-0.15, -0.1) is 5.10 Å². The summed E-state index contributed by atoms with van der Waals surface area (Å²) in [7, 11) is 0. The summed E-state index contributed by atoms with van der Waals surface area (Å²) in [5.74, 6) is -0.107. The van der Waals surface area contributed by atoms with Gasteiger partial charge in [0.2, 0.25) is 5.95 Å². The fraction of sp³-hybridized carbons (Fsp3) is 0.231. The van der Waals surface area contributed by atoms with Crippen molar-refractivity contribution < 1.29 is 4.79 Å². The summed E-state index contributed by atoms with van der Waals surface area (Å²) >= 11 is 0. The third-order valence-electron chi connectivity index (χ3n) is 2.94. The molecule has 0 spiro atoms. The van der Waals surface area contributed by atoms with Crippen molar-refractivity contribution in [3.63, 3.8) is 0 Å². The van der Waals surface area contributed by atoms with E-state index in [1.54, 1.807) is 25.1 Å². The molecule has 6 heteroatoms. The number of amides is 1. The van der Waals surface area contributed by atoms with Crippen molar-refractivity contribution in [1.82, 2.24) is 15.2 Å². The summed E-state index contributed by atoms with van der Waals surface area (Å²) in [6.45, 7) is 5.41. The number of hydrogen-bond donors (Lipinski definition) is 2. The zero-order valence-electron chi connectivity index (χ0n) is 11.1. The van der Waals surface area contributed by atoms with Gasteiger partial charge in [0.05, 0.1) is 11.4 Å². The molecular weight excluding hydrogens is 242 g/mol. The second-order valence-corrected chi connectivity index (χ2v) is 4.28. The molecule has 2 aromatic rings. The molecule has 6 nitrogen and oxygen atoms in total. The number of nitrogens with zero attached hydrogens (tertiary/aromatic N) is 3. The molecule has 0 aliphatic rings. The maximum atomic E-state index is 12.1. The molecule has 0 saturated carbocycles. The molecule has 98 valence electrons. The number of hydrogen-bond acceptors (Lipinski definition) is 5. The predicted molar refractivity (Wildman–Crippen MR) is 72.8 cm³/mol. The normalized spacial score (nSPS) is 10.3. The number of anilines is 2. The van der Waals surface area contributed by atoms with E-state index in [9.17, 15) is 4.79 Å². The third-order valence-corrected chi connectivity index (χ3v) is 2.94. The van der Waals surface area contributed by atoms with Gasteiger partial charge in [-0.3, -0.25) is 10.1 Å². The number of rotatable bonds is 2. The average Bonchev–Trinajstić information content (AvgIpc) is 2.37. The SMILES string of the molecule is Cc1nnc(NC(=O)c2cccc(N)c2C)nc1C. The van der Waals surface area contributed by atoms with Crippen molar-refractivity contribution >= 4 is 17.5 Å². The van der Waals surface area contributed by atoms with Gasteiger partial charge in [-0.25, -0.2) is 4.98 Å². The van der Waals surface area contributed by atoms with Gasteiger partial charge in [0.25, 0.3) is 5.91 Å². The number of nitrogens with two attached hydrogens (primary N) is 1. The van der Waals surface area contributed by atoms with Crippen molar-refractivity contribution in [2.24, 2.45) is 0 Å². The zero-order valence-corrected chi connectivity index (χ0v) is 11.1. The Morgan fingerprint density at radius 2 is 1.89 bits per heavy atom. The maximum absolute atomic E-state index is 12.1. The molecule has 2 rings (SSSR count). The summed E-state index contributed by atoms with van der Waals surface area (Å²) in [5, 5.41) is 10.4. The molecule has 1 heterocycles. The molecule has 0 fully saturated rings. The smallest absolute Gasteiger partial charge is 0.258 e. The highest BCUT2D eigenvalue weighted by atomic mass is 16.1. The number of aromatic nitrogens is 3. The molecular formula is C13H15N5O. The van der Waals surface area contributed by atoms with Crippen molar-refractivity contribution in [1.29, 1.82) is 0 Å². The van der Waals surface area contributed by atoms with Gasteiger partial charge >= 0.3 is 0 Å². The van der Waals surface area contributed by atoms with Crippen molar-refractivity contribution in [2.75, 3.05) is 11.1 Å². The quantitative estimate of drug-likeness (QED) is 0.797. The van der Waals surface area contributed by atoms with Crippen LogP contribution in [0.3, 0.4) is 0 Å². The fourth-order valence-corrected chi connectivity index (χ4v) is 1.58. The van der Waals surface area contributed by atoms with Gasteiger partial charge in [0.15, 0.2) is 0 Å². The van der Waals surface area contributed by atoms with Gasteiger partial charge in [0, 0.05) is 11.3 Å². The van der Waals surface area contributed by atoms with E-state index < -0.39 is 0 Å². The molecule has 1 aromatic heterocycles. The number of nitrogens with one attached hydrogen (secondary N) is 1. The van der Waals surface area contributed by atoms with Crippen LogP contribution in [0.1, 0.15) is 27.3 Å². The largest absolute Gasteiger partial charge is 0.398 e. The van der Waals surface area contributed by atoms with Crippen LogP contribution < -0.4 is 11.1 Å². The molecule has 1 amide bonds. The number of carbonyl (C=O) groups excluding carboxylic acids is 1. The minimum absolute atomic E-state index is 0.190. The first-order chi connectivity index (χ1) is 8.99. The van der Waals surface area contributed by atoms with E-state index in [1.165, 1.54) is 0 Å². The summed E-state index contributed by atoms with van der Waals surface area (Å²) in [6.07, 6.45) is 0. The Bertz CT molecular complexity index is 639. The summed E-state index contributed by atoms with van der Waals surface area (Å²) in [6, 6.07) is 5.19. The van der Waals surface area contributed by atoms with Crippen LogP contribution in [-0.4, -0.2) is 21.1 Å². The Morgan fingerprint density at radius 1 is 1.16 bits per heavy atom. The van der Waals surface area contributed by atoms with E-state index in [4.69, 9.17) is 5.73 Å². The minimum Gasteiger partial charge on any atom is -0.398 e. The van der Waals surface area contributed by atoms with Crippen molar-refractivity contribution in [3.8, 4) is 0 Å². The lowest BCUT2D eigenvalue weighted by Crippen LogP contribution is -2.17. The third kappa shape index (κ3) is 2.67. The van der Waals surface area contributed by atoms with Gasteiger partial charge in [-0.1, -0.05) is 6.07 Å². The summed E-state index contributed by atoms with van der Waals surface area (Å²) in [5.41, 5.74) is 9.05. The van der Waals surface area contributed by atoms with E-state index in [0.717, 1.165) is 17.0 Å². The van der Waals surface area contributed by atoms with Crippen molar-refractivity contribution in [2.45, 2.75) is 20.8 Å². The van der Waals surface area contributed by atoms with Crippen LogP contribution in [-0.2, 0) is 0 Å². The van der Waals surface area contributed by atoms with E-state index in [2.05, 4.69) is 20.5 Å². The van der Waals surface area contributed by atoms with Gasteiger partial charge < -0.3 is 5.73 Å². The van der Waals surface area contributed by atoms with E-state index >= 15 is 0 Å². The number of benzene rings is 1. The second kappa shape index (κ2) is 5.01. The van der Waals surface area contributed by atoms with Crippen LogP contribution in [0.2, 0.25) is 0 Å². The van der Waals surface area contributed by atoms with Gasteiger partial charge in [-0.05, 0) is 38.5 Å². The Morgan fingerprint density at radius 3 is 2.58 bits per heavy atom. The monoisotopic (exact) mass is 257 g/mol. The Kier molecular flexibility index (Phi) is 3.41. The lowest BCUT2D eigenvalue weighted by Gasteiger charge is -2.08. The molecule has 0 atom stereocenters. The summed E-state index contributed by atoms with van der Waals surface area (Å²) < 4.78 is 0. The predicted octanol–water partition coefficient (Wildman–Crippen LogP) is 1.63. The molecule has 0 unspecified atom stereocenters. The molecule has 0 saturated heterocycles. The van der Waals surface area contributed by atoms with Gasteiger partial charge in [-0.2, -0.15) is 5.10 Å². The number of carbonyl (C=O) groups is 1. The highest BCUT2D eigenvalue weighted by Crippen LogP contribution is 2.16. The molecule has 0 aliphatic heterocycles. The molecule has 0 bridgehead atoms. The Hall–Kier alpha value is -2.50. The Balaban J connectivity index is 2.26. The first-order valence-corrected chi connectivity index (χ1v) is 5.83. The van der Waals surface area contributed by atoms with Crippen LogP contribution >= 0.6 is 0 Å². The second-order valence-electron chi connectivity index (χ2n) is 4.28. The molecule has 0 aliphatic carbocycles. The molecule has 19 heavy (non-hydrogen) atoms. The highest BCUT2D eigenvalue weighted by molar-refractivity contribution is 6.05. The fourth-order valence-electron chi connectivity index (χ4n) is 1.58. The topological polar surface area (TPSA) is 93.8 Å². The van der Waals surface area contributed by atoms with Crippen molar-refractivity contribution in [3.05, 3.63) is 40.7 Å². The minimum atomic E-state index is -0.296. The lowest BCUT2D eigenvalue weighted by molar-refractivity contribution is 0.102. The number of aryl methyl sites for hydroxylation is 2. The van der Waals surface area contributed by atoms with E-state index in [1.807, 2.05) is 13.8 Å². The molecule has 1 aromatic carbocycles. The van der Waals surface area contributed by atoms with Crippen LogP contribution in [0.15, 0.2) is 18.2 Å². The first kappa shape index (κ1) is 12.9. The number of nitrogen functional groups attached to an aromatic ring is 1. The molecule has 3 N–H and O–H groups in total. The summed E-state index contributed by atoms with van der Waals surface area (Å²) in [4.78, 5) is 16.3. The first-order valence-electron chi connectivity index (χ1n) is 5.83. The van der Waals surface area contributed by atoms with Crippen LogP contribution in [0.4, 0.5) is 11.6 Å². The van der Waals surface area contributed by atoms with Crippen LogP contribution in [0, 0.1) is 20.8 Å². The highest BCUT2D eigenvalue weighted by Gasteiger charge is 2.12. The Labute approximate surface area is 111 Å². The van der Waals surface area contributed by atoms with E-state index in [0.29, 0.717) is 11.3 Å². The maximum Gasteiger partial charge on any atom is 0.258 e. The lowest BCUT2D eigenvalue weighted by atomic mass is 10.1. The van der Waals surface area contributed by atoms with Crippen LogP contribution in [0.25, 0.3) is 0 Å². The zero-order chi connectivity index (χ0) is 14.0. The average molecular weight is 257 g/mol.